The molecule has 2 atom stereocenters. The molecule has 2 rings (SSSR count). The third-order valence-corrected chi connectivity index (χ3v) is 4.59. The number of guanidine groups is 1. The van der Waals surface area contributed by atoms with Crippen molar-refractivity contribution in [2.24, 2.45) is 16.6 Å². The Labute approximate surface area is 144 Å². The van der Waals surface area contributed by atoms with Gasteiger partial charge >= 0.3 is 0 Å². The van der Waals surface area contributed by atoms with Gasteiger partial charge in [0.2, 0.25) is 5.91 Å². The molecule has 0 saturated carbocycles. The Hall–Kier alpha value is -2.08. The maximum atomic E-state index is 11.3. The first kappa shape index (κ1) is 18.3. The second-order valence-electron chi connectivity index (χ2n) is 6.77. The highest BCUT2D eigenvalue weighted by Gasteiger charge is 2.31. The van der Waals surface area contributed by atoms with E-state index in [-0.39, 0.29) is 0 Å². The van der Waals surface area contributed by atoms with Crippen molar-refractivity contribution in [3.8, 4) is 0 Å². The molecule has 132 valence electrons. The van der Waals surface area contributed by atoms with E-state index in [2.05, 4.69) is 41.3 Å². The number of nitrogens with two attached hydrogens (primary N) is 1. The van der Waals surface area contributed by atoms with Gasteiger partial charge in [0, 0.05) is 44.3 Å². The minimum Gasteiger partial charge on any atom is -0.366 e. The van der Waals surface area contributed by atoms with E-state index in [1.54, 1.807) is 19.2 Å². The van der Waals surface area contributed by atoms with Crippen LogP contribution in [0.3, 0.4) is 0 Å². The molecule has 1 aliphatic heterocycles. The fraction of sp³-hybridized carbons (Fsp3) is 0.556. The van der Waals surface area contributed by atoms with Gasteiger partial charge in [-0.05, 0) is 37.5 Å². The molecule has 1 heterocycles. The molecular formula is C18H29N5O. The highest BCUT2D eigenvalue weighted by molar-refractivity contribution is 5.92. The van der Waals surface area contributed by atoms with E-state index in [4.69, 9.17) is 5.73 Å². The van der Waals surface area contributed by atoms with Gasteiger partial charge in [-0.2, -0.15) is 0 Å². The van der Waals surface area contributed by atoms with Crippen molar-refractivity contribution >= 4 is 11.9 Å². The van der Waals surface area contributed by atoms with Gasteiger partial charge < -0.3 is 16.4 Å². The minimum absolute atomic E-state index is 0.385. The molecule has 1 aliphatic rings. The van der Waals surface area contributed by atoms with Gasteiger partial charge in [0.15, 0.2) is 5.96 Å². The molecule has 6 heteroatoms. The Balaban J connectivity index is 1.91. The van der Waals surface area contributed by atoms with E-state index in [9.17, 15) is 4.79 Å². The van der Waals surface area contributed by atoms with Crippen LogP contribution in [0.4, 0.5) is 0 Å². The van der Waals surface area contributed by atoms with Crippen molar-refractivity contribution in [1.29, 1.82) is 0 Å². The first-order valence-corrected chi connectivity index (χ1v) is 8.50. The lowest BCUT2D eigenvalue weighted by molar-refractivity contribution is 0.1000. The van der Waals surface area contributed by atoms with Crippen LogP contribution in [0, 0.1) is 5.92 Å². The summed E-state index contributed by atoms with van der Waals surface area (Å²) >= 11 is 0. The number of aliphatic imine (C=N–C) groups is 1. The summed E-state index contributed by atoms with van der Waals surface area (Å²) in [6.45, 7) is 9.45. The quantitative estimate of drug-likeness (QED) is 0.559. The van der Waals surface area contributed by atoms with Crippen molar-refractivity contribution in [3.05, 3.63) is 35.4 Å². The number of hydrogen-bond acceptors (Lipinski definition) is 3. The fourth-order valence-corrected chi connectivity index (χ4v) is 3.00. The number of carbonyl (C=O) groups is 1. The predicted octanol–water partition coefficient (Wildman–Crippen LogP) is 1.18. The molecule has 1 fully saturated rings. The van der Waals surface area contributed by atoms with Crippen molar-refractivity contribution in [2.75, 3.05) is 20.1 Å². The molecule has 1 saturated heterocycles. The standard InChI is InChI=1S/C18H29N5O/c1-12(2)23-10-13(3)16(11-23)22-18(20-4)21-9-14-6-5-7-15(8-14)17(19)24/h5-8,12-13,16H,9-11H2,1-4H3,(H2,19,24)(H2,20,21,22). The molecule has 1 aromatic carbocycles. The normalized spacial score (nSPS) is 22.0. The Kier molecular flexibility index (Phi) is 6.20. The zero-order valence-corrected chi connectivity index (χ0v) is 15.0. The summed E-state index contributed by atoms with van der Waals surface area (Å²) in [7, 11) is 1.77. The van der Waals surface area contributed by atoms with Crippen molar-refractivity contribution < 1.29 is 4.79 Å². The molecule has 6 nitrogen and oxygen atoms in total. The van der Waals surface area contributed by atoms with Crippen LogP contribution in [0.5, 0.6) is 0 Å². The Bertz CT molecular complexity index is 599. The molecular weight excluding hydrogens is 302 g/mol. The Morgan fingerprint density at radius 3 is 2.75 bits per heavy atom. The minimum atomic E-state index is -0.409. The highest BCUT2D eigenvalue weighted by atomic mass is 16.1. The van der Waals surface area contributed by atoms with Crippen LogP contribution < -0.4 is 16.4 Å². The third kappa shape index (κ3) is 4.71. The van der Waals surface area contributed by atoms with Crippen molar-refractivity contribution in [1.82, 2.24) is 15.5 Å². The van der Waals surface area contributed by atoms with E-state index in [1.807, 2.05) is 12.1 Å². The van der Waals surface area contributed by atoms with E-state index >= 15 is 0 Å². The van der Waals surface area contributed by atoms with Gasteiger partial charge in [0.05, 0.1) is 0 Å². The number of nitrogens with zero attached hydrogens (tertiary/aromatic N) is 2. The molecule has 0 aliphatic carbocycles. The van der Waals surface area contributed by atoms with Crippen LogP contribution in [0.25, 0.3) is 0 Å². The van der Waals surface area contributed by atoms with Gasteiger partial charge in [0.1, 0.15) is 0 Å². The number of hydrogen-bond donors (Lipinski definition) is 3. The summed E-state index contributed by atoms with van der Waals surface area (Å²) in [6, 6.07) is 8.28. The monoisotopic (exact) mass is 331 g/mol. The van der Waals surface area contributed by atoms with E-state index in [0.29, 0.717) is 30.1 Å². The summed E-state index contributed by atoms with van der Waals surface area (Å²) in [5, 5.41) is 6.83. The average Bonchev–Trinajstić information content (AvgIpc) is 2.92. The molecule has 0 spiro atoms. The van der Waals surface area contributed by atoms with Gasteiger partial charge in [0.25, 0.3) is 0 Å². The van der Waals surface area contributed by atoms with Gasteiger partial charge in [-0.25, -0.2) is 0 Å². The number of primary amides is 1. The Morgan fingerprint density at radius 2 is 2.17 bits per heavy atom. The maximum absolute atomic E-state index is 11.3. The van der Waals surface area contributed by atoms with Crippen molar-refractivity contribution in [2.45, 2.75) is 39.4 Å². The van der Waals surface area contributed by atoms with Crippen LogP contribution >= 0.6 is 0 Å². The molecule has 2 unspecified atom stereocenters. The van der Waals surface area contributed by atoms with E-state index in [0.717, 1.165) is 24.6 Å². The van der Waals surface area contributed by atoms with Crippen LogP contribution in [-0.2, 0) is 6.54 Å². The summed E-state index contributed by atoms with van der Waals surface area (Å²) in [5.41, 5.74) is 6.85. The fourth-order valence-electron chi connectivity index (χ4n) is 3.00. The topological polar surface area (TPSA) is 82.7 Å². The van der Waals surface area contributed by atoms with Gasteiger partial charge in [-0.1, -0.05) is 19.1 Å². The zero-order valence-electron chi connectivity index (χ0n) is 15.0. The lowest BCUT2D eigenvalue weighted by Crippen LogP contribution is -2.46. The largest absolute Gasteiger partial charge is 0.366 e. The smallest absolute Gasteiger partial charge is 0.248 e. The van der Waals surface area contributed by atoms with Crippen LogP contribution in [0.1, 0.15) is 36.7 Å². The summed E-state index contributed by atoms with van der Waals surface area (Å²) in [6.07, 6.45) is 0. The van der Waals surface area contributed by atoms with Crippen LogP contribution in [0.15, 0.2) is 29.3 Å². The lowest BCUT2D eigenvalue weighted by Gasteiger charge is -2.22. The molecule has 4 N–H and O–H groups in total. The first-order valence-electron chi connectivity index (χ1n) is 8.50. The summed E-state index contributed by atoms with van der Waals surface area (Å²) < 4.78 is 0. The van der Waals surface area contributed by atoms with E-state index in [1.165, 1.54) is 0 Å². The predicted molar refractivity (Wildman–Crippen MR) is 98.0 cm³/mol. The average molecular weight is 331 g/mol. The number of carbonyl (C=O) groups excluding carboxylic acids is 1. The molecule has 24 heavy (non-hydrogen) atoms. The second kappa shape index (κ2) is 8.15. The van der Waals surface area contributed by atoms with Gasteiger partial charge in [-0.15, -0.1) is 0 Å². The van der Waals surface area contributed by atoms with Crippen molar-refractivity contribution in [3.63, 3.8) is 0 Å². The SMILES string of the molecule is CN=C(NCc1cccc(C(N)=O)c1)NC1CN(C(C)C)CC1C. The molecule has 1 amide bonds. The summed E-state index contributed by atoms with van der Waals surface area (Å²) in [4.78, 5) is 18.1. The number of likely N-dealkylation sites (tertiary alicyclic amines) is 1. The Morgan fingerprint density at radius 1 is 1.42 bits per heavy atom. The van der Waals surface area contributed by atoms with Crippen LogP contribution in [-0.4, -0.2) is 49.0 Å². The molecule has 0 bridgehead atoms. The van der Waals surface area contributed by atoms with Crippen LogP contribution in [0.2, 0.25) is 0 Å². The van der Waals surface area contributed by atoms with Gasteiger partial charge in [-0.3, -0.25) is 14.7 Å². The number of rotatable bonds is 5. The number of benzene rings is 1. The number of amides is 1. The second-order valence-corrected chi connectivity index (χ2v) is 6.77. The zero-order chi connectivity index (χ0) is 17.7. The highest BCUT2D eigenvalue weighted by Crippen LogP contribution is 2.18. The molecule has 1 aromatic rings. The van der Waals surface area contributed by atoms with E-state index < -0.39 is 5.91 Å². The third-order valence-electron chi connectivity index (χ3n) is 4.59. The maximum Gasteiger partial charge on any atom is 0.248 e. The first-order chi connectivity index (χ1) is 11.4. The lowest BCUT2D eigenvalue weighted by atomic mass is 10.1. The molecule has 0 aromatic heterocycles. The molecule has 0 radical (unpaired) electrons. The number of nitrogens with one attached hydrogen (secondary N) is 2. The summed E-state index contributed by atoms with van der Waals surface area (Å²) in [5.74, 6) is 0.944.